The van der Waals surface area contributed by atoms with Crippen molar-refractivity contribution >= 4 is 23.5 Å². The molecule has 0 aliphatic carbocycles. The number of oxime groups is 1. The van der Waals surface area contributed by atoms with Crippen LogP contribution in [0.5, 0.6) is 11.5 Å². The number of nitrogens with zero attached hydrogens (tertiary/aromatic N) is 2. The lowest BCUT2D eigenvalue weighted by atomic mass is 10.2. The molecule has 2 rings (SSSR count). The fraction of sp³-hybridized carbons (Fsp3) is 0.0714. The van der Waals surface area contributed by atoms with Gasteiger partial charge in [-0.2, -0.15) is 0 Å². The standard InChI is InChI=1S/C14H11ClN2O4/c1-20-16-9-10-6-7-14(12(8-10)17(18)19)21-13-5-3-2-4-11(13)15/h2-9H,1H3/b16-9-. The summed E-state index contributed by atoms with van der Waals surface area (Å²) in [5.74, 6) is 0.447. The van der Waals surface area contributed by atoms with Gasteiger partial charge in [0.05, 0.1) is 16.2 Å². The van der Waals surface area contributed by atoms with Crippen LogP contribution in [0.25, 0.3) is 0 Å². The van der Waals surface area contributed by atoms with Crippen molar-refractivity contribution in [3.8, 4) is 11.5 Å². The highest BCUT2D eigenvalue weighted by molar-refractivity contribution is 6.32. The Morgan fingerprint density at radius 3 is 2.67 bits per heavy atom. The van der Waals surface area contributed by atoms with Gasteiger partial charge >= 0.3 is 5.69 Å². The van der Waals surface area contributed by atoms with E-state index in [2.05, 4.69) is 9.99 Å². The molecule has 0 aliphatic heterocycles. The van der Waals surface area contributed by atoms with Crippen LogP contribution in [0.1, 0.15) is 5.56 Å². The second-order valence-electron chi connectivity index (χ2n) is 3.93. The molecule has 0 unspecified atom stereocenters. The highest BCUT2D eigenvalue weighted by Crippen LogP contribution is 2.34. The largest absolute Gasteiger partial charge is 0.449 e. The maximum Gasteiger partial charge on any atom is 0.312 e. The predicted octanol–water partition coefficient (Wildman–Crippen LogP) is 4.02. The summed E-state index contributed by atoms with van der Waals surface area (Å²) in [5, 5.41) is 15.1. The molecule has 0 aromatic heterocycles. The number of hydrogen-bond donors (Lipinski definition) is 0. The highest BCUT2D eigenvalue weighted by atomic mass is 35.5. The van der Waals surface area contributed by atoms with Crippen LogP contribution < -0.4 is 4.74 Å². The van der Waals surface area contributed by atoms with Gasteiger partial charge in [-0.05, 0) is 24.3 Å². The molecule has 0 atom stereocenters. The van der Waals surface area contributed by atoms with Gasteiger partial charge in [0.1, 0.15) is 12.9 Å². The number of ether oxygens (including phenoxy) is 1. The lowest BCUT2D eigenvalue weighted by Gasteiger charge is -2.08. The average Bonchev–Trinajstić information content (AvgIpc) is 2.48. The summed E-state index contributed by atoms with van der Waals surface area (Å²) in [5.41, 5.74) is 0.338. The second-order valence-corrected chi connectivity index (χ2v) is 4.34. The summed E-state index contributed by atoms with van der Waals surface area (Å²) in [4.78, 5) is 15.1. The first-order valence-electron chi connectivity index (χ1n) is 5.89. The molecule has 0 spiro atoms. The summed E-state index contributed by atoms with van der Waals surface area (Å²) < 4.78 is 5.51. The van der Waals surface area contributed by atoms with Crippen molar-refractivity contribution in [2.75, 3.05) is 7.11 Å². The minimum atomic E-state index is -0.531. The Balaban J connectivity index is 2.37. The Hall–Kier alpha value is -2.60. The van der Waals surface area contributed by atoms with E-state index in [1.54, 1.807) is 30.3 Å². The quantitative estimate of drug-likeness (QED) is 0.475. The molecule has 0 amide bonds. The van der Waals surface area contributed by atoms with Crippen LogP contribution in [0.15, 0.2) is 47.6 Å². The zero-order chi connectivity index (χ0) is 15.2. The fourth-order valence-electron chi connectivity index (χ4n) is 1.60. The fourth-order valence-corrected chi connectivity index (χ4v) is 1.78. The summed E-state index contributed by atoms with van der Waals surface area (Å²) in [6.45, 7) is 0. The van der Waals surface area contributed by atoms with E-state index in [0.29, 0.717) is 16.3 Å². The van der Waals surface area contributed by atoms with Gasteiger partial charge in [-0.15, -0.1) is 0 Å². The molecular weight excluding hydrogens is 296 g/mol. The third-order valence-corrected chi connectivity index (χ3v) is 2.86. The Morgan fingerprint density at radius 1 is 1.24 bits per heavy atom. The van der Waals surface area contributed by atoms with Crippen LogP contribution in [0.3, 0.4) is 0 Å². The molecule has 2 aromatic carbocycles. The van der Waals surface area contributed by atoms with E-state index in [1.165, 1.54) is 25.5 Å². The molecular formula is C14H11ClN2O4. The van der Waals surface area contributed by atoms with Gasteiger partial charge in [0, 0.05) is 11.6 Å². The van der Waals surface area contributed by atoms with E-state index < -0.39 is 4.92 Å². The number of halogens is 1. The van der Waals surface area contributed by atoms with Crippen LogP contribution >= 0.6 is 11.6 Å². The molecule has 2 aromatic rings. The number of hydrogen-bond acceptors (Lipinski definition) is 5. The van der Waals surface area contributed by atoms with Crippen LogP contribution in [-0.2, 0) is 4.84 Å². The molecule has 6 nitrogen and oxygen atoms in total. The lowest BCUT2D eigenvalue weighted by molar-refractivity contribution is -0.385. The molecule has 0 saturated carbocycles. The average molecular weight is 307 g/mol. The van der Waals surface area contributed by atoms with Crippen LogP contribution in [0.4, 0.5) is 5.69 Å². The molecule has 0 heterocycles. The molecule has 21 heavy (non-hydrogen) atoms. The molecule has 0 N–H and O–H groups in total. The van der Waals surface area contributed by atoms with Gasteiger partial charge in [-0.1, -0.05) is 28.9 Å². The van der Waals surface area contributed by atoms with E-state index in [-0.39, 0.29) is 11.4 Å². The summed E-state index contributed by atoms with van der Waals surface area (Å²) >= 11 is 5.97. The smallest absolute Gasteiger partial charge is 0.312 e. The number of nitro benzene ring substituents is 1. The Morgan fingerprint density at radius 2 is 2.00 bits per heavy atom. The minimum Gasteiger partial charge on any atom is -0.449 e. The van der Waals surface area contributed by atoms with Gasteiger partial charge in [0.15, 0.2) is 0 Å². The highest BCUT2D eigenvalue weighted by Gasteiger charge is 2.17. The summed E-state index contributed by atoms with van der Waals surface area (Å²) in [6, 6.07) is 11.2. The van der Waals surface area contributed by atoms with E-state index in [0.717, 1.165) is 0 Å². The van der Waals surface area contributed by atoms with Crippen molar-refractivity contribution in [3.05, 3.63) is 63.2 Å². The van der Waals surface area contributed by atoms with Crippen LogP contribution in [0, 0.1) is 10.1 Å². The summed E-state index contributed by atoms with van der Waals surface area (Å²) in [6.07, 6.45) is 1.37. The van der Waals surface area contributed by atoms with Crippen molar-refractivity contribution in [2.24, 2.45) is 5.16 Å². The topological polar surface area (TPSA) is 74.0 Å². The maximum absolute atomic E-state index is 11.1. The van der Waals surface area contributed by atoms with E-state index in [4.69, 9.17) is 16.3 Å². The number of nitro groups is 1. The first-order valence-corrected chi connectivity index (χ1v) is 6.27. The van der Waals surface area contributed by atoms with Gasteiger partial charge < -0.3 is 9.57 Å². The molecule has 108 valence electrons. The third-order valence-electron chi connectivity index (χ3n) is 2.54. The monoisotopic (exact) mass is 306 g/mol. The molecule has 0 radical (unpaired) electrons. The predicted molar refractivity (Wildman–Crippen MR) is 79.2 cm³/mol. The number of rotatable bonds is 5. The Kier molecular flexibility index (Phi) is 4.73. The first kappa shape index (κ1) is 14.8. The van der Waals surface area contributed by atoms with Crippen molar-refractivity contribution in [1.29, 1.82) is 0 Å². The van der Waals surface area contributed by atoms with Crippen molar-refractivity contribution in [2.45, 2.75) is 0 Å². The molecule has 0 saturated heterocycles. The molecule has 0 fully saturated rings. The van der Waals surface area contributed by atoms with Gasteiger partial charge in [0.2, 0.25) is 5.75 Å². The van der Waals surface area contributed by atoms with Gasteiger partial charge in [-0.3, -0.25) is 10.1 Å². The lowest BCUT2D eigenvalue weighted by Crippen LogP contribution is -1.95. The van der Waals surface area contributed by atoms with Gasteiger partial charge in [-0.25, -0.2) is 0 Å². The SMILES string of the molecule is CO/N=C\c1ccc(Oc2ccccc2Cl)c([N+](=O)[O-])c1. The van der Waals surface area contributed by atoms with E-state index >= 15 is 0 Å². The van der Waals surface area contributed by atoms with Gasteiger partial charge in [0.25, 0.3) is 0 Å². The van der Waals surface area contributed by atoms with Crippen molar-refractivity contribution in [1.82, 2.24) is 0 Å². The van der Waals surface area contributed by atoms with Crippen molar-refractivity contribution < 1.29 is 14.5 Å². The zero-order valence-electron chi connectivity index (χ0n) is 11.0. The Bertz CT molecular complexity index is 688. The van der Waals surface area contributed by atoms with Crippen LogP contribution in [-0.4, -0.2) is 18.2 Å². The maximum atomic E-state index is 11.1. The van der Waals surface area contributed by atoms with E-state index in [1.807, 2.05) is 0 Å². The summed E-state index contributed by atoms with van der Waals surface area (Å²) in [7, 11) is 1.39. The van der Waals surface area contributed by atoms with Crippen LogP contribution in [0.2, 0.25) is 5.02 Å². The zero-order valence-corrected chi connectivity index (χ0v) is 11.8. The van der Waals surface area contributed by atoms with E-state index in [9.17, 15) is 10.1 Å². The normalized spacial score (nSPS) is 10.6. The van der Waals surface area contributed by atoms with Crippen molar-refractivity contribution in [3.63, 3.8) is 0 Å². The first-order chi connectivity index (χ1) is 10.1. The Labute approximate surface area is 125 Å². The molecule has 7 heteroatoms. The third kappa shape index (κ3) is 3.70. The molecule has 0 aliphatic rings. The number of para-hydroxylation sites is 1. The minimum absolute atomic E-state index is 0.0997. The second kappa shape index (κ2) is 6.71. The number of benzene rings is 2. The molecule has 0 bridgehead atoms.